The molecule has 0 saturated carbocycles. The highest BCUT2D eigenvalue weighted by Crippen LogP contribution is 2.19. The highest BCUT2D eigenvalue weighted by atomic mass is 16.5. The topological polar surface area (TPSA) is 31.2 Å². The van der Waals surface area contributed by atoms with E-state index in [1.165, 1.54) is 0 Å². The molecule has 1 aromatic carbocycles. The first kappa shape index (κ1) is 12.4. The molecule has 94 valence electrons. The molecule has 3 heteroatoms. The number of nitrogens with zero attached hydrogens (tertiary/aromatic N) is 1. The lowest BCUT2D eigenvalue weighted by Gasteiger charge is -2.21. The average Bonchev–Trinajstić information content (AvgIpc) is 2.29. The lowest BCUT2D eigenvalue weighted by atomic mass is 10.2. The van der Waals surface area contributed by atoms with Crippen LogP contribution in [0.4, 0.5) is 0 Å². The molecule has 0 radical (unpaired) electrons. The van der Waals surface area contributed by atoms with E-state index in [1.54, 1.807) is 24.5 Å². The standard InChI is InChI=1S/C15H17NO2/c1-15(2,3)18-14-6-4-12(5-7-14)16-10-8-13(17)9-11-16/h4-11H,1-3H3. The SMILES string of the molecule is CC(C)(C)Oc1ccc(-n2ccc(=O)cc2)cc1. The van der Waals surface area contributed by atoms with Crippen LogP contribution < -0.4 is 10.2 Å². The summed E-state index contributed by atoms with van der Waals surface area (Å²) in [5, 5.41) is 0. The van der Waals surface area contributed by atoms with E-state index in [9.17, 15) is 4.79 Å². The van der Waals surface area contributed by atoms with E-state index in [-0.39, 0.29) is 11.0 Å². The van der Waals surface area contributed by atoms with E-state index < -0.39 is 0 Å². The van der Waals surface area contributed by atoms with Gasteiger partial charge in [-0.1, -0.05) is 0 Å². The van der Waals surface area contributed by atoms with Crippen LogP contribution in [0.15, 0.2) is 53.6 Å². The van der Waals surface area contributed by atoms with E-state index in [1.807, 2.05) is 49.6 Å². The number of benzene rings is 1. The van der Waals surface area contributed by atoms with Gasteiger partial charge in [-0.15, -0.1) is 0 Å². The summed E-state index contributed by atoms with van der Waals surface area (Å²) in [6.07, 6.45) is 3.50. The van der Waals surface area contributed by atoms with Crippen molar-refractivity contribution in [2.75, 3.05) is 0 Å². The van der Waals surface area contributed by atoms with Gasteiger partial charge in [-0.05, 0) is 45.0 Å². The normalized spacial score (nSPS) is 11.3. The second kappa shape index (κ2) is 4.69. The minimum absolute atomic E-state index is 0.0129. The Hall–Kier alpha value is -2.03. The van der Waals surface area contributed by atoms with Crippen LogP contribution in [-0.2, 0) is 0 Å². The Morgan fingerprint density at radius 1 is 0.944 bits per heavy atom. The molecule has 0 spiro atoms. The van der Waals surface area contributed by atoms with Crippen molar-refractivity contribution in [2.24, 2.45) is 0 Å². The van der Waals surface area contributed by atoms with Gasteiger partial charge in [0.25, 0.3) is 0 Å². The van der Waals surface area contributed by atoms with Crippen molar-refractivity contribution in [1.82, 2.24) is 4.57 Å². The molecule has 3 nitrogen and oxygen atoms in total. The summed E-state index contributed by atoms with van der Waals surface area (Å²) in [5.74, 6) is 0.840. The van der Waals surface area contributed by atoms with Gasteiger partial charge in [-0.3, -0.25) is 4.79 Å². The van der Waals surface area contributed by atoms with Gasteiger partial charge < -0.3 is 9.30 Å². The fourth-order valence-corrected chi connectivity index (χ4v) is 1.62. The van der Waals surface area contributed by atoms with Crippen molar-refractivity contribution in [1.29, 1.82) is 0 Å². The Morgan fingerprint density at radius 3 is 2.00 bits per heavy atom. The summed E-state index contributed by atoms with van der Waals surface area (Å²) >= 11 is 0. The van der Waals surface area contributed by atoms with Crippen LogP contribution in [0.3, 0.4) is 0 Å². The molecule has 0 amide bonds. The lowest BCUT2D eigenvalue weighted by molar-refractivity contribution is 0.131. The van der Waals surface area contributed by atoms with Crippen molar-refractivity contribution >= 4 is 0 Å². The first-order valence-electron chi connectivity index (χ1n) is 5.92. The summed E-state index contributed by atoms with van der Waals surface area (Å²) in [6, 6.07) is 10.9. The summed E-state index contributed by atoms with van der Waals surface area (Å²) in [6.45, 7) is 6.05. The molecule has 0 bridgehead atoms. The zero-order valence-electron chi connectivity index (χ0n) is 10.9. The van der Waals surface area contributed by atoms with Crippen LogP contribution in [0, 0.1) is 0 Å². The Kier molecular flexibility index (Phi) is 3.24. The molecule has 0 atom stereocenters. The number of pyridine rings is 1. The highest BCUT2D eigenvalue weighted by Gasteiger charge is 2.11. The third-order valence-corrected chi connectivity index (χ3v) is 2.36. The monoisotopic (exact) mass is 243 g/mol. The predicted molar refractivity (Wildman–Crippen MR) is 72.4 cm³/mol. The molecule has 0 aliphatic heterocycles. The summed E-state index contributed by atoms with van der Waals surface area (Å²) in [7, 11) is 0. The summed E-state index contributed by atoms with van der Waals surface area (Å²) in [5.41, 5.74) is 0.814. The highest BCUT2D eigenvalue weighted by molar-refractivity contribution is 5.37. The number of ether oxygens (including phenoxy) is 1. The molecule has 0 fully saturated rings. The molecular formula is C15H17NO2. The zero-order chi connectivity index (χ0) is 13.2. The van der Waals surface area contributed by atoms with E-state index >= 15 is 0 Å². The van der Waals surface area contributed by atoms with E-state index in [0.717, 1.165) is 11.4 Å². The first-order chi connectivity index (χ1) is 8.44. The van der Waals surface area contributed by atoms with Gasteiger partial charge in [-0.25, -0.2) is 0 Å². The number of hydrogen-bond acceptors (Lipinski definition) is 2. The maximum atomic E-state index is 11.0. The Labute approximate surface area is 107 Å². The molecular weight excluding hydrogens is 226 g/mol. The average molecular weight is 243 g/mol. The van der Waals surface area contributed by atoms with Crippen LogP contribution in [0.1, 0.15) is 20.8 Å². The van der Waals surface area contributed by atoms with Crippen LogP contribution >= 0.6 is 0 Å². The van der Waals surface area contributed by atoms with Crippen LogP contribution in [-0.4, -0.2) is 10.2 Å². The van der Waals surface area contributed by atoms with Crippen LogP contribution in [0.25, 0.3) is 5.69 Å². The van der Waals surface area contributed by atoms with Crippen LogP contribution in [0.5, 0.6) is 5.75 Å². The summed E-state index contributed by atoms with van der Waals surface area (Å²) in [4.78, 5) is 11.0. The van der Waals surface area contributed by atoms with Crippen LogP contribution in [0.2, 0.25) is 0 Å². The lowest BCUT2D eigenvalue weighted by Crippen LogP contribution is -2.22. The van der Waals surface area contributed by atoms with Gasteiger partial charge in [0.15, 0.2) is 5.43 Å². The summed E-state index contributed by atoms with van der Waals surface area (Å²) < 4.78 is 7.64. The molecule has 0 unspecified atom stereocenters. The predicted octanol–water partition coefficient (Wildman–Crippen LogP) is 3.01. The number of rotatable bonds is 2. The second-order valence-electron chi connectivity index (χ2n) is 5.15. The van der Waals surface area contributed by atoms with Crippen molar-refractivity contribution in [3.05, 3.63) is 59.0 Å². The minimum Gasteiger partial charge on any atom is -0.488 e. The molecule has 2 aromatic rings. The third-order valence-electron chi connectivity index (χ3n) is 2.36. The van der Waals surface area contributed by atoms with Gasteiger partial charge in [0.2, 0.25) is 0 Å². The molecule has 0 saturated heterocycles. The smallest absolute Gasteiger partial charge is 0.181 e. The van der Waals surface area contributed by atoms with Crippen molar-refractivity contribution in [3.8, 4) is 11.4 Å². The zero-order valence-corrected chi connectivity index (χ0v) is 10.9. The molecule has 1 aromatic heterocycles. The quantitative estimate of drug-likeness (QED) is 0.812. The molecule has 0 aliphatic carbocycles. The largest absolute Gasteiger partial charge is 0.488 e. The van der Waals surface area contributed by atoms with E-state index in [0.29, 0.717) is 0 Å². The number of hydrogen-bond donors (Lipinski definition) is 0. The Balaban J connectivity index is 2.22. The third kappa shape index (κ3) is 3.23. The second-order valence-corrected chi connectivity index (χ2v) is 5.15. The van der Waals surface area contributed by atoms with Gasteiger partial charge in [0.05, 0.1) is 0 Å². The fourth-order valence-electron chi connectivity index (χ4n) is 1.62. The van der Waals surface area contributed by atoms with Gasteiger partial charge in [-0.2, -0.15) is 0 Å². The number of aromatic nitrogens is 1. The minimum atomic E-state index is -0.196. The molecule has 18 heavy (non-hydrogen) atoms. The van der Waals surface area contributed by atoms with Gasteiger partial charge in [0.1, 0.15) is 11.4 Å². The Morgan fingerprint density at radius 2 is 1.50 bits per heavy atom. The fraction of sp³-hybridized carbons (Fsp3) is 0.267. The first-order valence-corrected chi connectivity index (χ1v) is 5.92. The maximum Gasteiger partial charge on any atom is 0.181 e. The maximum absolute atomic E-state index is 11.0. The van der Waals surface area contributed by atoms with Gasteiger partial charge >= 0.3 is 0 Å². The molecule has 0 N–H and O–H groups in total. The molecule has 0 aliphatic rings. The molecule has 2 rings (SSSR count). The van der Waals surface area contributed by atoms with Gasteiger partial charge in [0, 0.05) is 30.2 Å². The van der Waals surface area contributed by atoms with Crippen molar-refractivity contribution in [2.45, 2.75) is 26.4 Å². The van der Waals surface area contributed by atoms with E-state index in [4.69, 9.17) is 4.74 Å². The van der Waals surface area contributed by atoms with Crippen molar-refractivity contribution in [3.63, 3.8) is 0 Å². The Bertz CT molecular complexity index is 556. The molecule has 1 heterocycles. The van der Waals surface area contributed by atoms with Crippen molar-refractivity contribution < 1.29 is 4.74 Å². The van der Waals surface area contributed by atoms with E-state index in [2.05, 4.69) is 0 Å².